The molecule has 6 heteroatoms. The molecule has 0 rings (SSSR count). The fraction of sp³-hybridized carbons (Fsp3) is 0.827. The van der Waals surface area contributed by atoms with Gasteiger partial charge in [0.15, 0.2) is 6.10 Å². The van der Waals surface area contributed by atoms with Crippen molar-refractivity contribution < 1.29 is 28.6 Å². The van der Waals surface area contributed by atoms with Gasteiger partial charge in [0, 0.05) is 19.3 Å². The highest BCUT2D eigenvalue weighted by Crippen LogP contribution is 2.18. The molecule has 0 saturated heterocycles. The third-order valence-corrected chi connectivity index (χ3v) is 16.0. The van der Waals surface area contributed by atoms with Crippen LogP contribution in [0.15, 0.2) is 60.8 Å². The summed E-state index contributed by atoms with van der Waals surface area (Å²) >= 11 is 0. The topological polar surface area (TPSA) is 78.9 Å². The lowest BCUT2D eigenvalue weighted by atomic mass is 10.0. The lowest BCUT2D eigenvalue weighted by Gasteiger charge is -2.18. The summed E-state index contributed by atoms with van der Waals surface area (Å²) in [6, 6.07) is 0. The number of rotatable bonds is 66. The maximum absolute atomic E-state index is 12.9. The van der Waals surface area contributed by atoms with E-state index in [1.165, 1.54) is 257 Å². The summed E-state index contributed by atoms with van der Waals surface area (Å²) in [5.74, 6) is -0.874. The van der Waals surface area contributed by atoms with Gasteiger partial charge in [-0.3, -0.25) is 14.4 Å². The molecule has 0 bridgehead atoms. The van der Waals surface area contributed by atoms with Gasteiger partial charge in [-0.2, -0.15) is 0 Å². The molecule has 0 heterocycles. The van der Waals surface area contributed by atoms with Crippen molar-refractivity contribution in [1.82, 2.24) is 0 Å². The summed E-state index contributed by atoms with van der Waals surface area (Å²) in [5.41, 5.74) is 0. The summed E-state index contributed by atoms with van der Waals surface area (Å²) in [6.07, 6.45) is 89.8. The molecule has 0 aromatic rings. The van der Waals surface area contributed by atoms with Crippen LogP contribution in [0.25, 0.3) is 0 Å². The van der Waals surface area contributed by atoms with Crippen LogP contribution < -0.4 is 0 Å². The highest BCUT2D eigenvalue weighted by atomic mass is 16.6. The van der Waals surface area contributed by atoms with Crippen molar-refractivity contribution in [2.24, 2.45) is 0 Å². The van der Waals surface area contributed by atoms with E-state index in [2.05, 4.69) is 81.5 Å². The van der Waals surface area contributed by atoms with Crippen molar-refractivity contribution in [1.29, 1.82) is 0 Å². The van der Waals surface area contributed by atoms with Gasteiger partial charge in [-0.05, 0) is 103 Å². The molecule has 0 fully saturated rings. The average Bonchev–Trinajstić information content (AvgIpc) is 3.47. The van der Waals surface area contributed by atoms with Crippen LogP contribution >= 0.6 is 0 Å². The average molecular weight is 1130 g/mol. The van der Waals surface area contributed by atoms with Crippen molar-refractivity contribution in [3.8, 4) is 0 Å². The number of hydrogen-bond acceptors (Lipinski definition) is 6. The molecular weight excluding hydrogens is 997 g/mol. The van der Waals surface area contributed by atoms with E-state index in [0.717, 1.165) is 83.5 Å². The van der Waals surface area contributed by atoms with E-state index >= 15 is 0 Å². The predicted octanol–water partition coefficient (Wildman–Crippen LogP) is 24.7. The van der Waals surface area contributed by atoms with E-state index in [0.29, 0.717) is 19.3 Å². The van der Waals surface area contributed by atoms with E-state index < -0.39 is 6.10 Å². The Kier molecular flexibility index (Phi) is 67.1. The van der Waals surface area contributed by atoms with Crippen LogP contribution in [0.1, 0.15) is 380 Å². The van der Waals surface area contributed by atoms with Crippen LogP contribution in [0.4, 0.5) is 0 Å². The van der Waals surface area contributed by atoms with Gasteiger partial charge in [0.25, 0.3) is 0 Å². The van der Waals surface area contributed by atoms with Gasteiger partial charge in [-0.15, -0.1) is 0 Å². The monoisotopic (exact) mass is 1130 g/mol. The first kappa shape index (κ1) is 78.1. The van der Waals surface area contributed by atoms with E-state index in [4.69, 9.17) is 14.2 Å². The zero-order valence-electron chi connectivity index (χ0n) is 54.3. The minimum Gasteiger partial charge on any atom is -0.462 e. The van der Waals surface area contributed by atoms with Crippen molar-refractivity contribution in [2.45, 2.75) is 386 Å². The van der Waals surface area contributed by atoms with Crippen LogP contribution in [-0.4, -0.2) is 37.2 Å². The second-order valence-electron chi connectivity index (χ2n) is 24.1. The number of hydrogen-bond donors (Lipinski definition) is 0. The molecule has 6 nitrogen and oxygen atoms in total. The number of allylic oxidation sites excluding steroid dienone is 10. The zero-order valence-corrected chi connectivity index (χ0v) is 54.3. The van der Waals surface area contributed by atoms with E-state index in [-0.39, 0.29) is 31.1 Å². The standard InChI is InChI=1S/C75H136O6/c1-4-7-10-13-16-19-22-24-26-28-30-32-34-35-36-37-38-39-41-42-44-46-48-50-53-56-59-62-65-68-74(77)80-71-72(70-79-73(76)67-64-61-58-55-52-21-18-15-12-9-6-3)81-75(78)69-66-63-60-57-54-51-49-47-45-43-40-33-31-29-27-25-23-20-17-14-11-8-5-2/h15,18,23,25,28-31,40,43,72H,4-14,16-17,19-22,24,26-27,32-39,41-42,44-71H2,1-3H3/b18-15-,25-23-,30-28-,31-29-,43-40-. The second-order valence-corrected chi connectivity index (χ2v) is 24.1. The molecule has 0 saturated carbocycles. The Morgan fingerprint density at radius 3 is 0.741 bits per heavy atom. The lowest BCUT2D eigenvalue weighted by Crippen LogP contribution is -2.30. The molecule has 472 valence electrons. The molecule has 0 amide bonds. The van der Waals surface area contributed by atoms with Crippen molar-refractivity contribution in [3.63, 3.8) is 0 Å². The third-order valence-electron chi connectivity index (χ3n) is 16.0. The quantitative estimate of drug-likeness (QED) is 0.0261. The molecule has 0 N–H and O–H groups in total. The zero-order chi connectivity index (χ0) is 58.5. The Balaban J connectivity index is 4.18. The SMILES string of the molecule is CCCC/C=C\CCCCCCCC(=O)OCC(COC(=O)CCCCCCCCCCCCCCCCCCC/C=C\CCCCCCCCCC)OC(=O)CCCCCCCCCC/C=C\C/C=C\C/C=C\CCCCCCC. The minimum atomic E-state index is -0.782. The van der Waals surface area contributed by atoms with E-state index in [9.17, 15) is 14.4 Å². The van der Waals surface area contributed by atoms with Gasteiger partial charge in [0.2, 0.25) is 0 Å². The Morgan fingerprint density at radius 1 is 0.247 bits per heavy atom. The molecule has 0 aromatic heterocycles. The Morgan fingerprint density at radius 2 is 0.457 bits per heavy atom. The van der Waals surface area contributed by atoms with Gasteiger partial charge in [-0.1, -0.05) is 319 Å². The van der Waals surface area contributed by atoms with Crippen LogP contribution in [0.5, 0.6) is 0 Å². The smallest absolute Gasteiger partial charge is 0.306 e. The maximum atomic E-state index is 12.9. The summed E-state index contributed by atoms with van der Waals surface area (Å²) in [7, 11) is 0. The molecule has 1 unspecified atom stereocenters. The highest BCUT2D eigenvalue weighted by molar-refractivity contribution is 5.71. The third kappa shape index (κ3) is 67.8. The molecular formula is C75H136O6. The molecule has 0 aliphatic carbocycles. The van der Waals surface area contributed by atoms with Crippen molar-refractivity contribution >= 4 is 17.9 Å². The Hall–Kier alpha value is -2.89. The molecule has 0 spiro atoms. The lowest BCUT2D eigenvalue weighted by molar-refractivity contribution is -0.167. The summed E-state index contributed by atoms with van der Waals surface area (Å²) < 4.78 is 17.0. The minimum absolute atomic E-state index is 0.0768. The number of carbonyl (C=O) groups excluding carboxylic acids is 3. The molecule has 81 heavy (non-hydrogen) atoms. The van der Waals surface area contributed by atoms with Crippen LogP contribution in [0.3, 0.4) is 0 Å². The summed E-state index contributed by atoms with van der Waals surface area (Å²) in [6.45, 7) is 6.63. The second kappa shape index (κ2) is 69.6. The van der Waals surface area contributed by atoms with Crippen LogP contribution in [0, 0.1) is 0 Å². The molecule has 0 aliphatic rings. The van der Waals surface area contributed by atoms with Gasteiger partial charge in [0.1, 0.15) is 13.2 Å². The molecule has 0 radical (unpaired) electrons. The van der Waals surface area contributed by atoms with Crippen molar-refractivity contribution in [3.05, 3.63) is 60.8 Å². The van der Waals surface area contributed by atoms with Crippen molar-refractivity contribution in [2.75, 3.05) is 13.2 Å². The molecule has 0 aliphatic heterocycles. The predicted molar refractivity (Wildman–Crippen MR) is 353 cm³/mol. The normalized spacial score (nSPS) is 12.4. The van der Waals surface area contributed by atoms with Gasteiger partial charge >= 0.3 is 17.9 Å². The number of esters is 3. The summed E-state index contributed by atoms with van der Waals surface area (Å²) in [5, 5.41) is 0. The highest BCUT2D eigenvalue weighted by Gasteiger charge is 2.19. The van der Waals surface area contributed by atoms with Gasteiger partial charge < -0.3 is 14.2 Å². The fourth-order valence-electron chi connectivity index (χ4n) is 10.5. The number of unbranched alkanes of at least 4 members (excludes halogenated alkanes) is 45. The first-order chi connectivity index (χ1) is 40.0. The molecule has 1 atom stereocenters. The largest absolute Gasteiger partial charge is 0.462 e. The van der Waals surface area contributed by atoms with Gasteiger partial charge in [-0.25, -0.2) is 0 Å². The van der Waals surface area contributed by atoms with Crippen LogP contribution in [-0.2, 0) is 28.6 Å². The Labute approximate surface area is 504 Å². The molecule has 0 aromatic carbocycles. The maximum Gasteiger partial charge on any atom is 0.306 e. The fourth-order valence-corrected chi connectivity index (χ4v) is 10.5. The number of carbonyl (C=O) groups is 3. The van der Waals surface area contributed by atoms with E-state index in [1.807, 2.05) is 0 Å². The van der Waals surface area contributed by atoms with Gasteiger partial charge in [0.05, 0.1) is 0 Å². The summed E-state index contributed by atoms with van der Waals surface area (Å²) in [4.78, 5) is 38.4. The first-order valence-corrected chi connectivity index (χ1v) is 35.8. The first-order valence-electron chi connectivity index (χ1n) is 35.8. The van der Waals surface area contributed by atoms with E-state index in [1.54, 1.807) is 0 Å². The van der Waals surface area contributed by atoms with Crippen LogP contribution in [0.2, 0.25) is 0 Å². The number of ether oxygens (including phenoxy) is 3. The Bertz CT molecular complexity index is 1440.